The van der Waals surface area contributed by atoms with Gasteiger partial charge in [0.15, 0.2) is 0 Å². The second kappa shape index (κ2) is 7.07. The number of hydrogen-bond acceptors (Lipinski definition) is 6. The Kier molecular flexibility index (Phi) is 4.48. The first kappa shape index (κ1) is 16.4. The van der Waals surface area contributed by atoms with E-state index in [0.717, 1.165) is 22.5 Å². The van der Waals surface area contributed by atoms with E-state index in [1.807, 2.05) is 36.1 Å². The molecule has 0 aliphatic carbocycles. The van der Waals surface area contributed by atoms with Crippen LogP contribution in [-0.2, 0) is 31.5 Å². The summed E-state index contributed by atoms with van der Waals surface area (Å²) in [6.07, 6.45) is 3.74. The molecule has 0 saturated carbocycles. The molecule has 0 saturated heterocycles. The van der Waals surface area contributed by atoms with Gasteiger partial charge in [-0.15, -0.1) is 5.10 Å². The summed E-state index contributed by atoms with van der Waals surface area (Å²) in [5.74, 6) is 0. The van der Waals surface area contributed by atoms with Gasteiger partial charge in [-0.05, 0) is 17.7 Å². The molecule has 3 aromatic rings. The van der Waals surface area contributed by atoms with Gasteiger partial charge < -0.3 is 10.1 Å². The zero-order valence-electron chi connectivity index (χ0n) is 14.5. The summed E-state index contributed by atoms with van der Waals surface area (Å²) in [5, 5.41) is 25.1. The van der Waals surface area contributed by atoms with Crippen molar-refractivity contribution in [2.75, 3.05) is 6.54 Å². The van der Waals surface area contributed by atoms with Gasteiger partial charge in [-0.2, -0.15) is 10.4 Å². The van der Waals surface area contributed by atoms with E-state index >= 15 is 0 Å². The molecule has 8 nitrogen and oxygen atoms in total. The molecule has 0 amide bonds. The van der Waals surface area contributed by atoms with Crippen molar-refractivity contribution < 1.29 is 4.74 Å². The van der Waals surface area contributed by atoms with Crippen LogP contribution in [0.2, 0.25) is 0 Å². The van der Waals surface area contributed by atoms with Crippen molar-refractivity contribution in [1.29, 1.82) is 5.26 Å². The van der Waals surface area contributed by atoms with Gasteiger partial charge >= 0.3 is 0 Å². The summed E-state index contributed by atoms with van der Waals surface area (Å²) >= 11 is 0. The highest BCUT2D eigenvalue weighted by Crippen LogP contribution is 2.24. The van der Waals surface area contributed by atoms with Crippen molar-refractivity contribution in [2.45, 2.75) is 25.8 Å². The Morgan fingerprint density at radius 3 is 3.15 bits per heavy atom. The minimum atomic E-state index is 0.0325. The SMILES string of the molecule is Cn1cc(-c2nnn3c2CO[C@@H](CNCc2cccc(C#N)c2)C3)cn1. The fourth-order valence-corrected chi connectivity index (χ4v) is 3.08. The number of nitriles is 1. The number of benzene rings is 1. The van der Waals surface area contributed by atoms with Gasteiger partial charge in [0.25, 0.3) is 0 Å². The molecule has 1 atom stereocenters. The van der Waals surface area contributed by atoms with Crippen LogP contribution in [0.15, 0.2) is 36.7 Å². The Morgan fingerprint density at radius 2 is 2.35 bits per heavy atom. The number of hydrogen-bond donors (Lipinski definition) is 1. The molecular weight excluding hydrogens is 330 g/mol. The normalized spacial score (nSPS) is 16.2. The lowest BCUT2D eigenvalue weighted by Crippen LogP contribution is -2.36. The highest BCUT2D eigenvalue weighted by molar-refractivity contribution is 5.59. The maximum Gasteiger partial charge on any atom is 0.121 e. The lowest BCUT2D eigenvalue weighted by Gasteiger charge is -2.24. The lowest BCUT2D eigenvalue weighted by atomic mass is 10.1. The van der Waals surface area contributed by atoms with Crippen LogP contribution in [-0.4, -0.2) is 37.4 Å². The molecule has 8 heteroatoms. The molecular formula is C18H19N7O. The van der Waals surface area contributed by atoms with Gasteiger partial charge in [0.1, 0.15) is 5.69 Å². The number of ether oxygens (including phenoxy) is 1. The highest BCUT2D eigenvalue weighted by Gasteiger charge is 2.24. The quantitative estimate of drug-likeness (QED) is 0.745. The monoisotopic (exact) mass is 349 g/mol. The number of rotatable bonds is 5. The molecule has 0 fully saturated rings. The molecule has 132 valence electrons. The molecule has 0 unspecified atom stereocenters. The Morgan fingerprint density at radius 1 is 1.42 bits per heavy atom. The van der Waals surface area contributed by atoms with Gasteiger partial charge in [-0.3, -0.25) is 4.68 Å². The van der Waals surface area contributed by atoms with Gasteiger partial charge in [-0.1, -0.05) is 17.3 Å². The summed E-state index contributed by atoms with van der Waals surface area (Å²) in [7, 11) is 1.88. The average Bonchev–Trinajstić information content (AvgIpc) is 3.27. The standard InChI is InChI=1S/C18H19N7O/c1-24-10-15(8-21-24)18-17-12-26-16(11-25(17)23-22-18)9-20-7-14-4-2-3-13(5-14)6-19/h2-5,8,10,16,20H,7,9,11-12H2,1H3/t16-/m0/s1. The molecule has 26 heavy (non-hydrogen) atoms. The summed E-state index contributed by atoms with van der Waals surface area (Å²) in [5.41, 5.74) is 4.52. The van der Waals surface area contributed by atoms with Crippen molar-refractivity contribution in [2.24, 2.45) is 7.05 Å². The largest absolute Gasteiger partial charge is 0.369 e. The van der Waals surface area contributed by atoms with Crippen LogP contribution in [0.25, 0.3) is 11.3 Å². The highest BCUT2D eigenvalue weighted by atomic mass is 16.5. The van der Waals surface area contributed by atoms with Gasteiger partial charge in [0, 0.05) is 31.9 Å². The van der Waals surface area contributed by atoms with Crippen molar-refractivity contribution in [3.8, 4) is 17.3 Å². The van der Waals surface area contributed by atoms with E-state index in [2.05, 4.69) is 26.8 Å². The maximum atomic E-state index is 8.96. The molecule has 2 aromatic heterocycles. The summed E-state index contributed by atoms with van der Waals surface area (Å²) < 4.78 is 9.63. The van der Waals surface area contributed by atoms with E-state index in [9.17, 15) is 0 Å². The van der Waals surface area contributed by atoms with Gasteiger partial charge in [-0.25, -0.2) is 4.68 Å². The number of nitrogens with one attached hydrogen (secondary N) is 1. The van der Waals surface area contributed by atoms with E-state index < -0.39 is 0 Å². The third kappa shape index (κ3) is 3.35. The predicted octanol–water partition coefficient (Wildman–Crippen LogP) is 1.24. The number of nitrogens with zero attached hydrogens (tertiary/aromatic N) is 6. The van der Waals surface area contributed by atoms with Gasteiger partial charge in [0.05, 0.1) is 42.8 Å². The zero-order valence-corrected chi connectivity index (χ0v) is 14.5. The molecule has 4 rings (SSSR count). The van der Waals surface area contributed by atoms with Crippen LogP contribution in [0.1, 0.15) is 16.8 Å². The van der Waals surface area contributed by atoms with Crippen LogP contribution in [0.3, 0.4) is 0 Å². The molecule has 0 bridgehead atoms. The topological polar surface area (TPSA) is 93.6 Å². The van der Waals surface area contributed by atoms with Crippen molar-refractivity contribution in [3.63, 3.8) is 0 Å². The lowest BCUT2D eigenvalue weighted by molar-refractivity contribution is 0.00125. The summed E-state index contributed by atoms with van der Waals surface area (Å²) in [4.78, 5) is 0. The first-order chi connectivity index (χ1) is 12.7. The minimum absolute atomic E-state index is 0.0325. The molecule has 1 aliphatic rings. The van der Waals surface area contributed by atoms with E-state index in [1.54, 1.807) is 16.9 Å². The van der Waals surface area contributed by atoms with E-state index in [4.69, 9.17) is 10.00 Å². The van der Waals surface area contributed by atoms with Crippen LogP contribution in [0, 0.1) is 11.3 Å². The summed E-state index contributed by atoms with van der Waals surface area (Å²) in [6.45, 7) is 2.54. The second-order valence-corrected chi connectivity index (χ2v) is 6.35. The first-order valence-corrected chi connectivity index (χ1v) is 8.45. The zero-order chi connectivity index (χ0) is 17.9. The van der Waals surface area contributed by atoms with Crippen molar-refractivity contribution >= 4 is 0 Å². The number of aryl methyl sites for hydroxylation is 1. The average molecular weight is 349 g/mol. The molecule has 1 aliphatic heterocycles. The fraction of sp³-hybridized carbons (Fsp3) is 0.333. The van der Waals surface area contributed by atoms with E-state index in [-0.39, 0.29) is 6.10 Å². The maximum absolute atomic E-state index is 8.96. The molecule has 1 N–H and O–H groups in total. The van der Waals surface area contributed by atoms with Crippen LogP contribution >= 0.6 is 0 Å². The van der Waals surface area contributed by atoms with E-state index in [1.165, 1.54) is 0 Å². The minimum Gasteiger partial charge on any atom is -0.369 e. The molecule has 0 spiro atoms. The van der Waals surface area contributed by atoms with E-state index in [0.29, 0.717) is 31.8 Å². The Bertz CT molecular complexity index is 953. The summed E-state index contributed by atoms with van der Waals surface area (Å²) in [6, 6.07) is 9.76. The van der Waals surface area contributed by atoms with Crippen LogP contribution in [0.4, 0.5) is 0 Å². The van der Waals surface area contributed by atoms with Gasteiger partial charge in [0.2, 0.25) is 0 Å². The van der Waals surface area contributed by atoms with Crippen LogP contribution < -0.4 is 5.32 Å². The smallest absolute Gasteiger partial charge is 0.121 e. The first-order valence-electron chi connectivity index (χ1n) is 8.45. The Hall–Kier alpha value is -3.02. The third-order valence-electron chi connectivity index (χ3n) is 4.41. The fourth-order valence-electron chi connectivity index (χ4n) is 3.08. The number of fused-ring (bicyclic) bond motifs is 1. The second-order valence-electron chi connectivity index (χ2n) is 6.35. The Balaban J connectivity index is 1.36. The molecule has 3 heterocycles. The number of aromatic nitrogens is 5. The van der Waals surface area contributed by atoms with Crippen LogP contribution in [0.5, 0.6) is 0 Å². The molecule has 1 aromatic carbocycles. The van der Waals surface area contributed by atoms with Crippen molar-refractivity contribution in [1.82, 2.24) is 30.1 Å². The van der Waals surface area contributed by atoms with Crippen molar-refractivity contribution in [3.05, 3.63) is 53.5 Å². The Labute approximate surface area is 151 Å². The molecule has 0 radical (unpaired) electrons. The predicted molar refractivity (Wildman–Crippen MR) is 93.7 cm³/mol. The third-order valence-corrected chi connectivity index (χ3v) is 4.41.